The molecule has 3 N–H and O–H groups in total. The average Bonchev–Trinajstić information content (AvgIpc) is 2.48. The molecule has 1 saturated carbocycles. The zero-order chi connectivity index (χ0) is 15.3. The minimum atomic E-state index is -0.437. The van der Waals surface area contributed by atoms with Gasteiger partial charge in [-0.05, 0) is 31.9 Å². The lowest BCUT2D eigenvalue weighted by molar-refractivity contribution is -0.383. The SMILES string of the molecule is CCNc1cccc(NC2(CO)CCCCC2)c1[N+](=O)[O-]. The Hall–Kier alpha value is -1.82. The second kappa shape index (κ2) is 6.76. The van der Waals surface area contributed by atoms with Crippen LogP contribution >= 0.6 is 0 Å². The van der Waals surface area contributed by atoms with Gasteiger partial charge >= 0.3 is 5.69 Å². The molecule has 2 rings (SSSR count). The normalized spacial score (nSPS) is 17.2. The Balaban J connectivity index is 2.34. The second-order valence-electron chi connectivity index (χ2n) is 5.61. The Kier molecular flexibility index (Phi) is 5.01. The Bertz CT molecular complexity index is 499. The largest absolute Gasteiger partial charge is 0.394 e. The number of aliphatic hydroxyl groups is 1. The average molecular weight is 293 g/mol. The number of hydrogen-bond acceptors (Lipinski definition) is 5. The van der Waals surface area contributed by atoms with E-state index >= 15 is 0 Å². The monoisotopic (exact) mass is 293 g/mol. The highest BCUT2D eigenvalue weighted by Crippen LogP contribution is 2.38. The molecule has 0 aliphatic heterocycles. The molecule has 1 aliphatic carbocycles. The third-order valence-corrected chi connectivity index (χ3v) is 4.10. The van der Waals surface area contributed by atoms with E-state index in [9.17, 15) is 15.2 Å². The Labute approximate surface area is 124 Å². The number of para-hydroxylation sites is 1. The molecule has 21 heavy (non-hydrogen) atoms. The maximum Gasteiger partial charge on any atom is 0.315 e. The van der Waals surface area contributed by atoms with Crippen molar-refractivity contribution in [2.24, 2.45) is 0 Å². The van der Waals surface area contributed by atoms with E-state index in [2.05, 4.69) is 10.6 Å². The molecule has 0 amide bonds. The van der Waals surface area contributed by atoms with Crippen molar-refractivity contribution in [1.29, 1.82) is 0 Å². The molecule has 0 spiro atoms. The lowest BCUT2D eigenvalue weighted by Gasteiger charge is -2.37. The molecule has 1 aromatic rings. The molecule has 0 heterocycles. The van der Waals surface area contributed by atoms with Crippen molar-refractivity contribution in [1.82, 2.24) is 0 Å². The predicted molar refractivity (Wildman–Crippen MR) is 83.8 cm³/mol. The molecule has 0 unspecified atom stereocenters. The van der Waals surface area contributed by atoms with Gasteiger partial charge in [0.05, 0.1) is 17.1 Å². The zero-order valence-corrected chi connectivity index (χ0v) is 12.4. The van der Waals surface area contributed by atoms with E-state index in [0.29, 0.717) is 17.9 Å². The summed E-state index contributed by atoms with van der Waals surface area (Å²) in [6, 6.07) is 5.21. The van der Waals surface area contributed by atoms with Gasteiger partial charge in [-0.1, -0.05) is 25.3 Å². The summed E-state index contributed by atoms with van der Waals surface area (Å²) in [5.74, 6) is 0. The molecule has 6 heteroatoms. The molecule has 1 fully saturated rings. The highest BCUT2D eigenvalue weighted by Gasteiger charge is 2.33. The molecule has 1 aliphatic rings. The zero-order valence-electron chi connectivity index (χ0n) is 12.4. The van der Waals surface area contributed by atoms with Crippen LogP contribution in [0.25, 0.3) is 0 Å². The van der Waals surface area contributed by atoms with Crippen molar-refractivity contribution in [2.75, 3.05) is 23.8 Å². The summed E-state index contributed by atoms with van der Waals surface area (Å²) < 4.78 is 0. The van der Waals surface area contributed by atoms with Gasteiger partial charge in [-0.2, -0.15) is 0 Å². The first-order valence-electron chi connectivity index (χ1n) is 7.52. The van der Waals surface area contributed by atoms with Crippen LogP contribution in [-0.4, -0.2) is 28.7 Å². The van der Waals surface area contributed by atoms with E-state index in [1.807, 2.05) is 6.92 Å². The Morgan fingerprint density at radius 2 is 1.95 bits per heavy atom. The van der Waals surface area contributed by atoms with Gasteiger partial charge < -0.3 is 15.7 Å². The molecule has 0 aromatic heterocycles. The summed E-state index contributed by atoms with van der Waals surface area (Å²) in [4.78, 5) is 11.0. The van der Waals surface area contributed by atoms with Gasteiger partial charge in [-0.25, -0.2) is 0 Å². The second-order valence-corrected chi connectivity index (χ2v) is 5.61. The van der Waals surface area contributed by atoms with Gasteiger partial charge in [0.25, 0.3) is 0 Å². The van der Waals surface area contributed by atoms with Crippen LogP contribution < -0.4 is 10.6 Å². The van der Waals surface area contributed by atoms with Crippen molar-refractivity contribution >= 4 is 17.1 Å². The third kappa shape index (κ3) is 3.44. The lowest BCUT2D eigenvalue weighted by atomic mass is 9.82. The number of aliphatic hydroxyl groups excluding tert-OH is 1. The van der Waals surface area contributed by atoms with Crippen molar-refractivity contribution in [3.05, 3.63) is 28.3 Å². The molecule has 0 bridgehead atoms. The summed E-state index contributed by atoms with van der Waals surface area (Å²) in [6.45, 7) is 2.52. The van der Waals surface area contributed by atoms with E-state index in [4.69, 9.17) is 0 Å². The number of benzene rings is 1. The lowest BCUT2D eigenvalue weighted by Crippen LogP contribution is -2.44. The van der Waals surface area contributed by atoms with Gasteiger partial charge in [0, 0.05) is 6.54 Å². The fourth-order valence-electron chi connectivity index (χ4n) is 3.01. The number of hydrogen-bond donors (Lipinski definition) is 3. The standard InChI is InChI=1S/C15H23N3O3/c1-2-16-12-7-6-8-13(14(12)18(20)21)17-15(11-19)9-4-3-5-10-15/h6-8,16-17,19H,2-5,9-11H2,1H3. The summed E-state index contributed by atoms with van der Waals surface area (Å²) in [6.07, 6.45) is 4.91. The van der Waals surface area contributed by atoms with Crippen LogP contribution in [0.3, 0.4) is 0 Å². The number of nitrogens with zero attached hydrogens (tertiary/aromatic N) is 1. The first-order valence-corrected chi connectivity index (χ1v) is 7.52. The van der Waals surface area contributed by atoms with Crippen LogP contribution in [0.1, 0.15) is 39.0 Å². The van der Waals surface area contributed by atoms with E-state index in [0.717, 1.165) is 32.1 Å². The highest BCUT2D eigenvalue weighted by atomic mass is 16.6. The quantitative estimate of drug-likeness (QED) is 0.554. The molecule has 116 valence electrons. The van der Waals surface area contributed by atoms with Crippen molar-refractivity contribution < 1.29 is 10.0 Å². The molecule has 1 aromatic carbocycles. The minimum absolute atomic E-state index is 0.00438. The maximum absolute atomic E-state index is 11.4. The molecule has 6 nitrogen and oxygen atoms in total. The minimum Gasteiger partial charge on any atom is -0.394 e. The summed E-state index contributed by atoms with van der Waals surface area (Å²) in [5.41, 5.74) is 0.608. The van der Waals surface area contributed by atoms with Crippen molar-refractivity contribution in [3.8, 4) is 0 Å². The summed E-state index contributed by atoms with van der Waals surface area (Å²) >= 11 is 0. The summed E-state index contributed by atoms with van der Waals surface area (Å²) in [7, 11) is 0. The van der Waals surface area contributed by atoms with Crippen LogP contribution in [0.15, 0.2) is 18.2 Å². The van der Waals surface area contributed by atoms with E-state index in [-0.39, 0.29) is 17.2 Å². The van der Waals surface area contributed by atoms with Gasteiger partial charge in [0.1, 0.15) is 11.4 Å². The number of nitrogens with one attached hydrogen (secondary N) is 2. The predicted octanol–water partition coefficient (Wildman–Crippen LogP) is 3.13. The van der Waals surface area contributed by atoms with Gasteiger partial charge in [0.2, 0.25) is 0 Å². The Morgan fingerprint density at radius 3 is 2.52 bits per heavy atom. The van der Waals surface area contributed by atoms with E-state index in [1.165, 1.54) is 0 Å². The van der Waals surface area contributed by atoms with Crippen LogP contribution in [0, 0.1) is 10.1 Å². The fourth-order valence-corrected chi connectivity index (χ4v) is 3.01. The molecular weight excluding hydrogens is 270 g/mol. The number of nitro benzene ring substituents is 1. The van der Waals surface area contributed by atoms with Gasteiger partial charge in [0.15, 0.2) is 0 Å². The smallest absolute Gasteiger partial charge is 0.315 e. The summed E-state index contributed by atoms with van der Waals surface area (Å²) in [5, 5.41) is 27.5. The van der Waals surface area contributed by atoms with Crippen LogP contribution in [-0.2, 0) is 0 Å². The van der Waals surface area contributed by atoms with Crippen LogP contribution in [0.4, 0.5) is 17.1 Å². The van der Waals surface area contributed by atoms with E-state index < -0.39 is 5.54 Å². The first-order chi connectivity index (χ1) is 10.1. The van der Waals surface area contributed by atoms with Crippen LogP contribution in [0.2, 0.25) is 0 Å². The van der Waals surface area contributed by atoms with E-state index in [1.54, 1.807) is 18.2 Å². The highest BCUT2D eigenvalue weighted by molar-refractivity contribution is 5.76. The van der Waals surface area contributed by atoms with Gasteiger partial charge in [-0.15, -0.1) is 0 Å². The van der Waals surface area contributed by atoms with Crippen LogP contribution in [0.5, 0.6) is 0 Å². The maximum atomic E-state index is 11.4. The molecule has 0 saturated heterocycles. The topological polar surface area (TPSA) is 87.4 Å². The fraction of sp³-hybridized carbons (Fsp3) is 0.600. The number of nitro groups is 1. The molecule has 0 atom stereocenters. The van der Waals surface area contributed by atoms with Crippen molar-refractivity contribution in [2.45, 2.75) is 44.6 Å². The molecule has 0 radical (unpaired) electrons. The number of rotatable bonds is 6. The van der Waals surface area contributed by atoms with Gasteiger partial charge in [-0.3, -0.25) is 10.1 Å². The first kappa shape index (κ1) is 15.6. The third-order valence-electron chi connectivity index (χ3n) is 4.10. The Morgan fingerprint density at radius 1 is 1.29 bits per heavy atom. The van der Waals surface area contributed by atoms with Crippen molar-refractivity contribution in [3.63, 3.8) is 0 Å². The number of anilines is 2. The molecular formula is C15H23N3O3.